The Bertz CT molecular complexity index is 431. The third kappa shape index (κ3) is 3.89. The summed E-state index contributed by atoms with van der Waals surface area (Å²) in [6.45, 7) is 0.737. The number of nitrogens with two attached hydrogens (primary N) is 1. The van der Waals surface area contributed by atoms with E-state index >= 15 is 0 Å². The van der Waals surface area contributed by atoms with E-state index in [9.17, 15) is 0 Å². The standard InChI is InChI=1S/C16H24BrNO2/c1-19-15-10-9-14(17)13(8-4-5-11-18)16(15)20-12-6-2-3-7-12/h9-10,12H,2-8,11,18H2,1H3. The minimum absolute atomic E-state index is 0.339. The molecule has 0 aromatic heterocycles. The summed E-state index contributed by atoms with van der Waals surface area (Å²) in [5, 5.41) is 0. The molecule has 0 amide bonds. The molecule has 4 heteroatoms. The Morgan fingerprint density at radius 3 is 2.65 bits per heavy atom. The molecular weight excluding hydrogens is 318 g/mol. The summed E-state index contributed by atoms with van der Waals surface area (Å²) in [5.41, 5.74) is 6.80. The zero-order valence-electron chi connectivity index (χ0n) is 12.2. The normalized spacial score (nSPS) is 15.6. The highest BCUT2D eigenvalue weighted by molar-refractivity contribution is 9.10. The third-order valence-electron chi connectivity index (χ3n) is 3.85. The van der Waals surface area contributed by atoms with Crippen LogP contribution < -0.4 is 15.2 Å². The lowest BCUT2D eigenvalue weighted by Crippen LogP contribution is -2.13. The second kappa shape index (κ2) is 7.89. The molecule has 1 fully saturated rings. The number of hydrogen-bond donors (Lipinski definition) is 1. The van der Waals surface area contributed by atoms with Crippen molar-refractivity contribution in [1.29, 1.82) is 0 Å². The van der Waals surface area contributed by atoms with E-state index in [0.717, 1.165) is 54.6 Å². The van der Waals surface area contributed by atoms with Crippen molar-refractivity contribution in [1.82, 2.24) is 0 Å². The first-order valence-corrected chi connectivity index (χ1v) is 8.27. The van der Waals surface area contributed by atoms with Crippen LogP contribution in [0.3, 0.4) is 0 Å². The zero-order valence-corrected chi connectivity index (χ0v) is 13.7. The summed E-state index contributed by atoms with van der Waals surface area (Å²) in [5.74, 6) is 1.76. The van der Waals surface area contributed by atoms with Gasteiger partial charge in [-0.15, -0.1) is 0 Å². The molecule has 1 aromatic rings. The molecule has 0 atom stereocenters. The highest BCUT2D eigenvalue weighted by Crippen LogP contribution is 2.39. The van der Waals surface area contributed by atoms with Crippen molar-refractivity contribution in [2.45, 2.75) is 51.0 Å². The Hall–Kier alpha value is -0.740. The van der Waals surface area contributed by atoms with E-state index in [1.165, 1.54) is 18.4 Å². The van der Waals surface area contributed by atoms with Gasteiger partial charge in [-0.1, -0.05) is 15.9 Å². The largest absolute Gasteiger partial charge is 0.493 e. The Kier molecular flexibility index (Phi) is 6.17. The van der Waals surface area contributed by atoms with Crippen molar-refractivity contribution >= 4 is 15.9 Å². The number of ether oxygens (including phenoxy) is 2. The highest BCUT2D eigenvalue weighted by Gasteiger charge is 2.21. The van der Waals surface area contributed by atoms with E-state index in [-0.39, 0.29) is 0 Å². The lowest BCUT2D eigenvalue weighted by Gasteiger charge is -2.20. The first-order valence-electron chi connectivity index (χ1n) is 7.48. The van der Waals surface area contributed by atoms with Crippen LogP contribution in [0.2, 0.25) is 0 Å². The molecule has 1 aliphatic carbocycles. The summed E-state index contributed by atoms with van der Waals surface area (Å²) in [6, 6.07) is 4.01. The fourth-order valence-corrected chi connectivity index (χ4v) is 3.23. The van der Waals surface area contributed by atoms with Gasteiger partial charge in [0.1, 0.15) is 0 Å². The number of hydrogen-bond acceptors (Lipinski definition) is 3. The molecule has 2 N–H and O–H groups in total. The minimum Gasteiger partial charge on any atom is -0.493 e. The van der Waals surface area contributed by atoms with Gasteiger partial charge >= 0.3 is 0 Å². The van der Waals surface area contributed by atoms with Crippen LogP contribution in [0.1, 0.15) is 44.1 Å². The number of halogens is 1. The summed E-state index contributed by atoms with van der Waals surface area (Å²) in [7, 11) is 1.70. The van der Waals surface area contributed by atoms with Gasteiger partial charge in [0.15, 0.2) is 11.5 Å². The predicted octanol–water partition coefficient (Wildman–Crippen LogP) is 4.06. The van der Waals surface area contributed by atoms with E-state index in [1.807, 2.05) is 12.1 Å². The van der Waals surface area contributed by atoms with E-state index < -0.39 is 0 Å². The topological polar surface area (TPSA) is 44.5 Å². The zero-order chi connectivity index (χ0) is 14.4. The average molecular weight is 342 g/mol. The molecule has 2 rings (SSSR count). The summed E-state index contributed by atoms with van der Waals surface area (Å²) >= 11 is 3.65. The van der Waals surface area contributed by atoms with Gasteiger partial charge in [0, 0.05) is 10.0 Å². The first kappa shape index (κ1) is 15.6. The second-order valence-electron chi connectivity index (χ2n) is 5.33. The van der Waals surface area contributed by atoms with Gasteiger partial charge in [-0.3, -0.25) is 0 Å². The molecule has 20 heavy (non-hydrogen) atoms. The molecule has 1 aliphatic rings. The quantitative estimate of drug-likeness (QED) is 0.760. The van der Waals surface area contributed by atoms with E-state index in [0.29, 0.717) is 6.10 Å². The van der Waals surface area contributed by atoms with Crippen molar-refractivity contribution in [3.63, 3.8) is 0 Å². The van der Waals surface area contributed by atoms with Crippen molar-refractivity contribution in [2.75, 3.05) is 13.7 Å². The molecular formula is C16H24BrNO2. The molecule has 1 saturated carbocycles. The molecule has 112 valence electrons. The van der Waals surface area contributed by atoms with Gasteiger partial charge in [-0.25, -0.2) is 0 Å². The molecule has 0 spiro atoms. The van der Waals surface area contributed by atoms with Crippen LogP contribution in [0, 0.1) is 0 Å². The maximum Gasteiger partial charge on any atom is 0.165 e. The number of benzene rings is 1. The smallest absolute Gasteiger partial charge is 0.165 e. The van der Waals surface area contributed by atoms with Crippen LogP contribution in [0.4, 0.5) is 0 Å². The summed E-state index contributed by atoms with van der Waals surface area (Å²) in [6.07, 6.45) is 8.25. The van der Waals surface area contributed by atoms with Crippen LogP contribution in [-0.2, 0) is 6.42 Å². The van der Waals surface area contributed by atoms with Gasteiger partial charge in [-0.2, -0.15) is 0 Å². The molecule has 0 heterocycles. The lowest BCUT2D eigenvalue weighted by atomic mass is 10.1. The Balaban J connectivity index is 2.20. The first-order chi connectivity index (χ1) is 9.76. The predicted molar refractivity (Wildman–Crippen MR) is 85.6 cm³/mol. The van der Waals surface area contributed by atoms with E-state index in [2.05, 4.69) is 15.9 Å². The van der Waals surface area contributed by atoms with Gasteiger partial charge in [0.05, 0.1) is 13.2 Å². The number of unbranched alkanes of at least 4 members (excludes halogenated alkanes) is 1. The summed E-state index contributed by atoms with van der Waals surface area (Å²) < 4.78 is 12.8. The molecule has 3 nitrogen and oxygen atoms in total. The van der Waals surface area contributed by atoms with Gasteiger partial charge in [-0.05, 0) is 63.6 Å². The molecule has 0 radical (unpaired) electrons. The van der Waals surface area contributed by atoms with Crippen LogP contribution in [0.15, 0.2) is 16.6 Å². The van der Waals surface area contributed by atoms with E-state index in [1.54, 1.807) is 7.11 Å². The molecule has 1 aromatic carbocycles. The average Bonchev–Trinajstić information content (AvgIpc) is 2.95. The van der Waals surface area contributed by atoms with Crippen molar-refractivity contribution < 1.29 is 9.47 Å². The van der Waals surface area contributed by atoms with Gasteiger partial charge in [0.25, 0.3) is 0 Å². The maximum atomic E-state index is 6.25. The van der Waals surface area contributed by atoms with Crippen molar-refractivity contribution in [3.05, 3.63) is 22.2 Å². The fourth-order valence-electron chi connectivity index (χ4n) is 2.72. The SMILES string of the molecule is COc1ccc(Br)c(CCCCN)c1OC1CCCC1. The maximum absolute atomic E-state index is 6.25. The Morgan fingerprint density at radius 1 is 1.25 bits per heavy atom. The molecule has 0 unspecified atom stereocenters. The second-order valence-corrected chi connectivity index (χ2v) is 6.18. The molecule has 0 saturated heterocycles. The highest BCUT2D eigenvalue weighted by atomic mass is 79.9. The van der Waals surface area contributed by atoms with Crippen LogP contribution >= 0.6 is 15.9 Å². The molecule has 0 bridgehead atoms. The van der Waals surface area contributed by atoms with E-state index in [4.69, 9.17) is 15.2 Å². The van der Waals surface area contributed by atoms with Crippen molar-refractivity contribution in [3.8, 4) is 11.5 Å². The monoisotopic (exact) mass is 341 g/mol. The minimum atomic E-state index is 0.339. The summed E-state index contributed by atoms with van der Waals surface area (Å²) in [4.78, 5) is 0. The Morgan fingerprint density at radius 2 is 2.00 bits per heavy atom. The van der Waals surface area contributed by atoms with Crippen LogP contribution in [-0.4, -0.2) is 19.8 Å². The van der Waals surface area contributed by atoms with Crippen LogP contribution in [0.5, 0.6) is 11.5 Å². The third-order valence-corrected chi connectivity index (χ3v) is 4.60. The number of rotatable bonds is 7. The van der Waals surface area contributed by atoms with Crippen LogP contribution in [0.25, 0.3) is 0 Å². The molecule has 0 aliphatic heterocycles. The van der Waals surface area contributed by atoms with Gasteiger partial charge < -0.3 is 15.2 Å². The fraction of sp³-hybridized carbons (Fsp3) is 0.625. The van der Waals surface area contributed by atoms with Gasteiger partial charge in [0.2, 0.25) is 0 Å². The lowest BCUT2D eigenvalue weighted by molar-refractivity contribution is 0.198. The van der Waals surface area contributed by atoms with Crippen molar-refractivity contribution in [2.24, 2.45) is 5.73 Å². The Labute approximate surface area is 130 Å². The number of methoxy groups -OCH3 is 1.